The van der Waals surface area contributed by atoms with Gasteiger partial charge in [-0.05, 0) is 20.3 Å². The molecule has 18 heavy (non-hydrogen) atoms. The maximum atomic E-state index is 11.9. The lowest BCUT2D eigenvalue weighted by Crippen LogP contribution is -2.40. The first kappa shape index (κ1) is 15.4. The molecule has 1 unspecified atom stereocenters. The third-order valence-corrected chi connectivity index (χ3v) is 5.46. The second kappa shape index (κ2) is 5.52. The molecule has 0 aliphatic rings. The highest BCUT2D eigenvalue weighted by molar-refractivity contribution is 7.91. The molecule has 0 amide bonds. The highest BCUT2D eigenvalue weighted by atomic mass is 32.2. The number of hydrogen-bond acceptors (Lipinski definition) is 5. The molecule has 1 atom stereocenters. The summed E-state index contributed by atoms with van der Waals surface area (Å²) in [6.45, 7) is 4.93. The average molecular weight is 294 g/mol. The maximum Gasteiger partial charge on any atom is 0.305 e. The molecule has 0 aromatic carbocycles. The van der Waals surface area contributed by atoms with Gasteiger partial charge in [-0.25, -0.2) is 13.1 Å². The Morgan fingerprint density at radius 3 is 2.56 bits per heavy atom. The van der Waals surface area contributed by atoms with Crippen LogP contribution in [-0.4, -0.2) is 30.7 Å². The van der Waals surface area contributed by atoms with Gasteiger partial charge in [-0.3, -0.25) is 4.79 Å². The van der Waals surface area contributed by atoms with Crippen molar-refractivity contribution in [1.82, 2.24) is 9.71 Å². The SMILES string of the molecule is CCCC(C)(O)CNS(=O)(=O)c1sc(=O)[nH]c1C. The fourth-order valence-electron chi connectivity index (χ4n) is 1.59. The zero-order chi connectivity index (χ0) is 14.0. The van der Waals surface area contributed by atoms with Gasteiger partial charge in [0.25, 0.3) is 10.0 Å². The van der Waals surface area contributed by atoms with Gasteiger partial charge in [-0.2, -0.15) is 0 Å². The van der Waals surface area contributed by atoms with Gasteiger partial charge in [-0.15, -0.1) is 0 Å². The molecule has 0 aliphatic heterocycles. The third-order valence-electron chi connectivity index (χ3n) is 2.46. The molecular formula is C10H18N2O4S2. The molecule has 1 heterocycles. The van der Waals surface area contributed by atoms with Crippen LogP contribution in [0, 0.1) is 6.92 Å². The Hall–Kier alpha value is -0.700. The predicted molar refractivity (Wildman–Crippen MR) is 70.4 cm³/mol. The van der Waals surface area contributed by atoms with E-state index in [1.807, 2.05) is 6.92 Å². The second-order valence-electron chi connectivity index (χ2n) is 4.50. The monoisotopic (exact) mass is 294 g/mol. The minimum absolute atomic E-state index is 0.0280. The van der Waals surface area contributed by atoms with Gasteiger partial charge in [0.15, 0.2) is 4.21 Å². The molecule has 0 saturated heterocycles. The number of nitrogens with one attached hydrogen (secondary N) is 2. The summed E-state index contributed by atoms with van der Waals surface area (Å²) in [7, 11) is -3.74. The molecule has 0 radical (unpaired) electrons. The largest absolute Gasteiger partial charge is 0.389 e. The highest BCUT2D eigenvalue weighted by Gasteiger charge is 2.25. The van der Waals surface area contributed by atoms with E-state index in [1.54, 1.807) is 6.92 Å². The summed E-state index contributed by atoms with van der Waals surface area (Å²) in [4.78, 5) is 13.1. The Balaban J connectivity index is 2.84. The average Bonchev–Trinajstić information content (AvgIpc) is 2.56. The lowest BCUT2D eigenvalue weighted by molar-refractivity contribution is 0.0554. The summed E-state index contributed by atoms with van der Waals surface area (Å²) in [6.07, 6.45) is 1.25. The molecule has 1 aromatic heterocycles. The zero-order valence-electron chi connectivity index (χ0n) is 10.6. The van der Waals surface area contributed by atoms with Crippen molar-refractivity contribution in [2.45, 2.75) is 43.4 Å². The van der Waals surface area contributed by atoms with Crippen LogP contribution in [0.15, 0.2) is 9.00 Å². The van der Waals surface area contributed by atoms with Gasteiger partial charge in [0.1, 0.15) is 0 Å². The van der Waals surface area contributed by atoms with Crippen LogP contribution in [0.1, 0.15) is 32.4 Å². The van der Waals surface area contributed by atoms with Crippen molar-refractivity contribution >= 4 is 21.4 Å². The fourth-order valence-corrected chi connectivity index (χ4v) is 4.10. The van der Waals surface area contributed by atoms with Gasteiger partial charge in [0.05, 0.1) is 5.60 Å². The summed E-state index contributed by atoms with van der Waals surface area (Å²) >= 11 is 0.642. The van der Waals surface area contributed by atoms with E-state index in [0.717, 1.165) is 6.42 Å². The second-order valence-corrected chi connectivity index (χ2v) is 7.44. The smallest absolute Gasteiger partial charge is 0.305 e. The quantitative estimate of drug-likeness (QED) is 0.714. The summed E-state index contributed by atoms with van der Waals surface area (Å²) in [5.41, 5.74) is -0.774. The van der Waals surface area contributed by atoms with Crippen molar-refractivity contribution in [3.8, 4) is 0 Å². The molecule has 8 heteroatoms. The minimum atomic E-state index is -3.74. The first-order chi connectivity index (χ1) is 8.18. The number of aliphatic hydroxyl groups is 1. The molecule has 0 saturated carbocycles. The van der Waals surface area contributed by atoms with Crippen molar-refractivity contribution in [1.29, 1.82) is 0 Å². The lowest BCUT2D eigenvalue weighted by Gasteiger charge is -2.22. The van der Waals surface area contributed by atoms with Gasteiger partial charge in [0, 0.05) is 12.2 Å². The van der Waals surface area contributed by atoms with Gasteiger partial charge < -0.3 is 10.1 Å². The Bertz CT molecular complexity index is 557. The molecule has 3 N–H and O–H groups in total. The zero-order valence-corrected chi connectivity index (χ0v) is 12.2. The molecule has 104 valence electrons. The van der Waals surface area contributed by atoms with Crippen LogP contribution in [0.2, 0.25) is 0 Å². The highest BCUT2D eigenvalue weighted by Crippen LogP contribution is 2.17. The van der Waals surface area contributed by atoms with Gasteiger partial charge >= 0.3 is 4.87 Å². The number of hydrogen-bond donors (Lipinski definition) is 3. The van der Waals surface area contributed by atoms with Crippen LogP contribution in [0.3, 0.4) is 0 Å². The predicted octanol–water partition coefficient (Wildman–Crippen LogP) is 0.574. The van der Waals surface area contributed by atoms with Crippen molar-refractivity contribution in [3.63, 3.8) is 0 Å². The minimum Gasteiger partial charge on any atom is -0.389 e. The Morgan fingerprint density at radius 2 is 2.11 bits per heavy atom. The summed E-state index contributed by atoms with van der Waals surface area (Å²) in [6, 6.07) is 0. The number of aromatic nitrogens is 1. The maximum absolute atomic E-state index is 11.9. The molecule has 0 spiro atoms. The number of rotatable bonds is 6. The molecule has 1 aromatic rings. The van der Waals surface area contributed by atoms with Crippen LogP contribution < -0.4 is 9.60 Å². The topological polar surface area (TPSA) is 99.3 Å². The van der Waals surface area contributed by atoms with Crippen LogP contribution >= 0.6 is 11.3 Å². The normalized spacial score (nSPS) is 15.6. The van der Waals surface area contributed by atoms with E-state index in [1.165, 1.54) is 6.92 Å². The molecule has 0 fully saturated rings. The first-order valence-corrected chi connectivity index (χ1v) is 7.89. The summed E-state index contributed by atoms with van der Waals surface area (Å²) in [5, 5.41) is 9.91. The number of aromatic amines is 1. The number of sulfonamides is 1. The van der Waals surface area contributed by atoms with Crippen molar-refractivity contribution in [3.05, 3.63) is 15.4 Å². The third kappa shape index (κ3) is 3.91. The van der Waals surface area contributed by atoms with E-state index in [2.05, 4.69) is 9.71 Å². The van der Waals surface area contributed by atoms with Gasteiger partial charge in [-0.1, -0.05) is 24.7 Å². The first-order valence-electron chi connectivity index (χ1n) is 5.60. The van der Waals surface area contributed by atoms with E-state index in [4.69, 9.17) is 0 Å². The number of aryl methyl sites for hydroxylation is 1. The summed E-state index contributed by atoms with van der Waals surface area (Å²) < 4.78 is 26.2. The lowest BCUT2D eigenvalue weighted by atomic mass is 10.0. The fraction of sp³-hybridized carbons (Fsp3) is 0.700. The van der Waals surface area contributed by atoms with E-state index >= 15 is 0 Å². The molecule has 0 aliphatic carbocycles. The molecule has 6 nitrogen and oxygen atoms in total. The summed E-state index contributed by atoms with van der Waals surface area (Å²) in [5.74, 6) is 0. The molecular weight excluding hydrogens is 276 g/mol. The van der Waals surface area contributed by atoms with E-state index in [0.29, 0.717) is 23.5 Å². The van der Waals surface area contributed by atoms with Crippen molar-refractivity contribution in [2.24, 2.45) is 0 Å². The van der Waals surface area contributed by atoms with Crippen LogP contribution in [0.5, 0.6) is 0 Å². The van der Waals surface area contributed by atoms with Crippen molar-refractivity contribution in [2.75, 3.05) is 6.54 Å². The van der Waals surface area contributed by atoms with E-state index in [-0.39, 0.29) is 10.8 Å². The Kier molecular flexibility index (Phi) is 4.71. The molecule has 0 bridgehead atoms. The van der Waals surface area contributed by atoms with Crippen molar-refractivity contribution < 1.29 is 13.5 Å². The Labute approximate surface area is 110 Å². The Morgan fingerprint density at radius 1 is 1.50 bits per heavy atom. The number of thiazole rings is 1. The van der Waals surface area contributed by atoms with Crippen LogP contribution in [0.4, 0.5) is 0 Å². The standard InChI is InChI=1S/C10H18N2O4S2/c1-4-5-10(3,14)6-11-18(15,16)8-7(2)12-9(13)17-8/h11,14H,4-6H2,1-3H3,(H,12,13). The van der Waals surface area contributed by atoms with Crippen LogP contribution in [0.25, 0.3) is 0 Å². The molecule has 1 rings (SSSR count). The van der Waals surface area contributed by atoms with E-state index < -0.39 is 20.5 Å². The van der Waals surface area contributed by atoms with E-state index in [9.17, 15) is 18.3 Å². The van der Waals surface area contributed by atoms with Crippen LogP contribution in [-0.2, 0) is 10.0 Å². The number of H-pyrrole nitrogens is 1. The van der Waals surface area contributed by atoms with Gasteiger partial charge in [0.2, 0.25) is 0 Å².